The van der Waals surface area contributed by atoms with Crippen molar-refractivity contribution in [2.75, 3.05) is 13.1 Å². The molecule has 0 aromatic rings. The lowest BCUT2D eigenvalue weighted by molar-refractivity contribution is -0.109. The minimum absolute atomic E-state index is 0.637. The van der Waals surface area contributed by atoms with Gasteiger partial charge < -0.3 is 4.79 Å². The van der Waals surface area contributed by atoms with Crippen LogP contribution in [0.5, 0.6) is 0 Å². The second-order valence-corrected chi connectivity index (χ2v) is 2.89. The van der Waals surface area contributed by atoms with Gasteiger partial charge in [-0.3, -0.25) is 4.90 Å². The standard InChI is InChI=1S/C8H15NO/c1-2-5-9(6-7-10)8-3-4-8/h7-8H,2-6H2,1H3. The van der Waals surface area contributed by atoms with Crippen molar-refractivity contribution in [1.82, 2.24) is 4.90 Å². The van der Waals surface area contributed by atoms with Crippen LogP contribution in [0.2, 0.25) is 0 Å². The van der Waals surface area contributed by atoms with Gasteiger partial charge in [0.2, 0.25) is 0 Å². The maximum Gasteiger partial charge on any atom is 0.133 e. The molecular formula is C8H15NO. The second-order valence-electron chi connectivity index (χ2n) is 2.89. The zero-order valence-electron chi connectivity index (χ0n) is 6.55. The molecule has 1 aliphatic carbocycles. The second kappa shape index (κ2) is 3.71. The van der Waals surface area contributed by atoms with E-state index < -0.39 is 0 Å². The third-order valence-electron chi connectivity index (χ3n) is 1.88. The van der Waals surface area contributed by atoms with Crippen molar-refractivity contribution in [2.24, 2.45) is 0 Å². The van der Waals surface area contributed by atoms with E-state index in [1.54, 1.807) is 0 Å². The van der Waals surface area contributed by atoms with Gasteiger partial charge in [-0.1, -0.05) is 6.92 Å². The predicted octanol–water partition coefficient (Wildman–Crippen LogP) is 1.06. The van der Waals surface area contributed by atoms with Crippen LogP contribution in [0.3, 0.4) is 0 Å². The fourth-order valence-electron chi connectivity index (χ4n) is 1.25. The largest absolute Gasteiger partial charge is 0.302 e. The Balaban J connectivity index is 2.19. The molecule has 0 N–H and O–H groups in total. The van der Waals surface area contributed by atoms with Crippen LogP contribution in [0.25, 0.3) is 0 Å². The molecule has 0 aromatic heterocycles. The molecule has 2 heteroatoms. The molecule has 0 unspecified atom stereocenters. The number of carbonyl (C=O) groups excluding carboxylic acids is 1. The van der Waals surface area contributed by atoms with Crippen LogP contribution < -0.4 is 0 Å². The Morgan fingerprint density at radius 1 is 1.60 bits per heavy atom. The molecule has 1 rings (SSSR count). The van der Waals surface area contributed by atoms with Crippen molar-refractivity contribution in [2.45, 2.75) is 32.2 Å². The topological polar surface area (TPSA) is 20.3 Å². The Morgan fingerprint density at radius 2 is 2.30 bits per heavy atom. The van der Waals surface area contributed by atoms with Gasteiger partial charge in [-0.15, -0.1) is 0 Å². The number of hydrogen-bond acceptors (Lipinski definition) is 2. The lowest BCUT2D eigenvalue weighted by Gasteiger charge is -2.16. The maximum absolute atomic E-state index is 10.2. The SMILES string of the molecule is CCCN(CC=O)C1CC1. The van der Waals surface area contributed by atoms with Crippen LogP contribution in [0, 0.1) is 0 Å². The summed E-state index contributed by atoms with van der Waals surface area (Å²) in [7, 11) is 0. The highest BCUT2D eigenvalue weighted by Crippen LogP contribution is 2.26. The fraction of sp³-hybridized carbons (Fsp3) is 0.875. The van der Waals surface area contributed by atoms with E-state index in [4.69, 9.17) is 0 Å². The molecule has 0 saturated heterocycles. The first-order valence-electron chi connectivity index (χ1n) is 4.06. The highest BCUT2D eigenvalue weighted by Gasteiger charge is 2.27. The van der Waals surface area contributed by atoms with Crippen molar-refractivity contribution < 1.29 is 4.79 Å². The smallest absolute Gasteiger partial charge is 0.133 e. The molecule has 0 heterocycles. The molecule has 2 nitrogen and oxygen atoms in total. The van der Waals surface area contributed by atoms with Crippen LogP contribution in [-0.4, -0.2) is 30.3 Å². The van der Waals surface area contributed by atoms with E-state index in [-0.39, 0.29) is 0 Å². The normalized spacial score (nSPS) is 17.8. The number of hydrogen-bond donors (Lipinski definition) is 0. The zero-order valence-corrected chi connectivity index (χ0v) is 6.55. The Hall–Kier alpha value is -0.370. The summed E-state index contributed by atoms with van der Waals surface area (Å²) in [4.78, 5) is 12.5. The average molecular weight is 141 g/mol. The van der Waals surface area contributed by atoms with Gasteiger partial charge in [-0.2, -0.15) is 0 Å². The monoisotopic (exact) mass is 141 g/mol. The summed E-state index contributed by atoms with van der Waals surface area (Å²) in [6.45, 7) is 3.88. The van der Waals surface area contributed by atoms with E-state index >= 15 is 0 Å². The number of nitrogens with zero attached hydrogens (tertiary/aromatic N) is 1. The van der Waals surface area contributed by atoms with E-state index in [9.17, 15) is 4.79 Å². The number of aldehydes is 1. The maximum atomic E-state index is 10.2. The Bertz CT molecular complexity index is 110. The lowest BCUT2D eigenvalue weighted by atomic mass is 10.4. The highest BCUT2D eigenvalue weighted by molar-refractivity contribution is 5.52. The summed E-state index contributed by atoms with van der Waals surface area (Å²) in [6.07, 6.45) is 4.76. The average Bonchev–Trinajstić information content (AvgIpc) is 2.69. The first-order valence-corrected chi connectivity index (χ1v) is 4.06. The minimum atomic E-state index is 0.637. The van der Waals surface area contributed by atoms with Crippen LogP contribution >= 0.6 is 0 Å². The summed E-state index contributed by atoms with van der Waals surface area (Å²) in [5.41, 5.74) is 0. The van der Waals surface area contributed by atoms with Crippen LogP contribution in [-0.2, 0) is 4.79 Å². The summed E-state index contributed by atoms with van der Waals surface area (Å²) in [6, 6.07) is 0.741. The molecular weight excluding hydrogens is 126 g/mol. The van der Waals surface area contributed by atoms with Gasteiger partial charge in [-0.05, 0) is 25.8 Å². The molecule has 0 atom stereocenters. The van der Waals surface area contributed by atoms with Gasteiger partial charge in [0, 0.05) is 6.04 Å². The molecule has 1 aliphatic rings. The third kappa shape index (κ3) is 2.10. The summed E-state index contributed by atoms with van der Waals surface area (Å²) < 4.78 is 0. The quantitative estimate of drug-likeness (QED) is 0.533. The fourth-order valence-corrected chi connectivity index (χ4v) is 1.25. The van der Waals surface area contributed by atoms with Gasteiger partial charge in [0.1, 0.15) is 6.29 Å². The number of rotatable bonds is 5. The molecule has 0 aromatic carbocycles. The van der Waals surface area contributed by atoms with E-state index in [0.717, 1.165) is 25.3 Å². The molecule has 1 fully saturated rings. The number of carbonyl (C=O) groups is 1. The minimum Gasteiger partial charge on any atom is -0.302 e. The Labute approximate surface area is 62.2 Å². The van der Waals surface area contributed by atoms with Crippen molar-refractivity contribution in [1.29, 1.82) is 0 Å². The van der Waals surface area contributed by atoms with E-state index in [1.807, 2.05) is 0 Å². The first-order chi connectivity index (χ1) is 4.88. The zero-order chi connectivity index (χ0) is 7.40. The van der Waals surface area contributed by atoms with Crippen molar-refractivity contribution in [3.8, 4) is 0 Å². The molecule has 0 aliphatic heterocycles. The first kappa shape index (κ1) is 7.73. The van der Waals surface area contributed by atoms with Crippen LogP contribution in [0.4, 0.5) is 0 Å². The predicted molar refractivity (Wildman–Crippen MR) is 41.0 cm³/mol. The summed E-state index contributed by atoms with van der Waals surface area (Å²) >= 11 is 0. The molecule has 58 valence electrons. The lowest BCUT2D eigenvalue weighted by Crippen LogP contribution is -2.28. The Kier molecular flexibility index (Phi) is 2.87. The van der Waals surface area contributed by atoms with Crippen LogP contribution in [0.15, 0.2) is 0 Å². The molecule has 1 saturated carbocycles. The van der Waals surface area contributed by atoms with E-state index in [2.05, 4.69) is 11.8 Å². The van der Waals surface area contributed by atoms with Gasteiger partial charge in [0.05, 0.1) is 6.54 Å². The van der Waals surface area contributed by atoms with E-state index in [1.165, 1.54) is 12.8 Å². The molecule has 0 bridgehead atoms. The summed E-state index contributed by atoms with van der Waals surface area (Å²) in [5, 5.41) is 0. The summed E-state index contributed by atoms with van der Waals surface area (Å²) in [5.74, 6) is 0. The molecule has 10 heavy (non-hydrogen) atoms. The van der Waals surface area contributed by atoms with Gasteiger partial charge in [-0.25, -0.2) is 0 Å². The highest BCUT2D eigenvalue weighted by atomic mass is 16.1. The van der Waals surface area contributed by atoms with Crippen LogP contribution in [0.1, 0.15) is 26.2 Å². The Morgan fingerprint density at radius 3 is 2.70 bits per heavy atom. The van der Waals surface area contributed by atoms with Gasteiger partial charge in [0.25, 0.3) is 0 Å². The van der Waals surface area contributed by atoms with Crippen molar-refractivity contribution >= 4 is 6.29 Å². The molecule has 0 radical (unpaired) electrons. The van der Waals surface area contributed by atoms with Crippen molar-refractivity contribution in [3.63, 3.8) is 0 Å². The van der Waals surface area contributed by atoms with Crippen molar-refractivity contribution in [3.05, 3.63) is 0 Å². The molecule has 0 spiro atoms. The third-order valence-corrected chi connectivity index (χ3v) is 1.88. The van der Waals surface area contributed by atoms with Gasteiger partial charge >= 0.3 is 0 Å². The van der Waals surface area contributed by atoms with E-state index in [0.29, 0.717) is 6.54 Å². The van der Waals surface area contributed by atoms with Gasteiger partial charge in [0.15, 0.2) is 0 Å². The molecule has 0 amide bonds.